The summed E-state index contributed by atoms with van der Waals surface area (Å²) in [6, 6.07) is 35.0. The average molecular weight is 553 g/mol. The number of halogens is 2. The molecule has 0 fully saturated rings. The van der Waals surface area contributed by atoms with Crippen LogP contribution in [0.2, 0.25) is 0 Å². The maximum Gasteiger partial charge on any atom is 4.00 e. The SMILES string of the molecule is CCCC(C)C1=[C-]CC=C1.[Cl-].[Cl-].[Ti+4].c1ccc(P(c2ccccc2)c2cc3ccccc3[cH-]2)cc1. The van der Waals surface area contributed by atoms with Gasteiger partial charge < -0.3 is 24.8 Å². The molecule has 35 heavy (non-hydrogen) atoms. The third-order valence-corrected chi connectivity index (χ3v) is 8.27. The second-order valence-electron chi connectivity index (χ2n) is 8.28. The van der Waals surface area contributed by atoms with Gasteiger partial charge in [-0.15, -0.1) is 46.8 Å². The fraction of sp³-hybridized carbons (Fsp3) is 0.194. The number of rotatable bonds is 6. The molecule has 0 amide bonds. The summed E-state index contributed by atoms with van der Waals surface area (Å²) in [7, 11) is -0.493. The van der Waals surface area contributed by atoms with Crippen LogP contribution in [0.1, 0.15) is 33.1 Å². The van der Waals surface area contributed by atoms with E-state index in [1.807, 2.05) is 0 Å². The van der Waals surface area contributed by atoms with Crippen LogP contribution in [0.3, 0.4) is 0 Å². The fourth-order valence-corrected chi connectivity index (χ4v) is 6.58. The van der Waals surface area contributed by atoms with Crippen molar-refractivity contribution in [1.82, 2.24) is 0 Å². The predicted molar refractivity (Wildman–Crippen MR) is 143 cm³/mol. The van der Waals surface area contributed by atoms with Crippen molar-refractivity contribution in [3.05, 3.63) is 121 Å². The van der Waals surface area contributed by atoms with Gasteiger partial charge in [-0.3, -0.25) is 6.08 Å². The topological polar surface area (TPSA) is 0 Å². The molecule has 0 saturated heterocycles. The minimum absolute atomic E-state index is 0. The zero-order valence-corrected chi connectivity index (χ0v) is 24.3. The molecule has 1 aliphatic rings. The molecule has 0 nitrogen and oxygen atoms in total. The Morgan fingerprint density at radius 1 is 0.857 bits per heavy atom. The van der Waals surface area contributed by atoms with Crippen molar-refractivity contribution < 1.29 is 46.5 Å². The third kappa shape index (κ3) is 8.53. The van der Waals surface area contributed by atoms with E-state index < -0.39 is 7.92 Å². The summed E-state index contributed by atoms with van der Waals surface area (Å²) in [4.78, 5) is 0. The Kier molecular flexibility index (Phi) is 14.6. The number of hydrogen-bond acceptors (Lipinski definition) is 0. The van der Waals surface area contributed by atoms with E-state index in [2.05, 4.69) is 129 Å². The van der Waals surface area contributed by atoms with Gasteiger partial charge in [-0.2, -0.15) is 12.1 Å². The maximum atomic E-state index is 3.35. The molecule has 0 bridgehead atoms. The molecule has 0 spiro atoms. The van der Waals surface area contributed by atoms with E-state index in [4.69, 9.17) is 0 Å². The molecule has 0 saturated carbocycles. The van der Waals surface area contributed by atoms with E-state index in [1.54, 1.807) is 0 Å². The molecule has 0 aliphatic heterocycles. The van der Waals surface area contributed by atoms with Crippen LogP contribution in [0.25, 0.3) is 10.8 Å². The van der Waals surface area contributed by atoms with Crippen molar-refractivity contribution >= 4 is 34.6 Å². The molecule has 4 aromatic carbocycles. The van der Waals surface area contributed by atoms with Crippen LogP contribution < -0.4 is 40.7 Å². The zero-order chi connectivity index (χ0) is 22.2. The van der Waals surface area contributed by atoms with E-state index in [0.29, 0.717) is 0 Å². The normalized spacial score (nSPS) is 12.5. The second-order valence-corrected chi connectivity index (χ2v) is 10.5. The third-order valence-electron chi connectivity index (χ3n) is 5.86. The molecule has 1 atom stereocenters. The van der Waals surface area contributed by atoms with Gasteiger partial charge >= 0.3 is 21.7 Å². The number of fused-ring (bicyclic) bond motifs is 1. The van der Waals surface area contributed by atoms with Crippen LogP contribution in [-0.4, -0.2) is 0 Å². The molecule has 1 unspecified atom stereocenters. The van der Waals surface area contributed by atoms with E-state index in [0.717, 1.165) is 12.3 Å². The van der Waals surface area contributed by atoms with Crippen molar-refractivity contribution in [3.8, 4) is 0 Å². The van der Waals surface area contributed by atoms with Crippen LogP contribution >= 0.6 is 7.92 Å². The molecule has 0 N–H and O–H groups in total. The molecular formula is C31H31Cl2PTi. The smallest absolute Gasteiger partial charge is 1.00 e. The molecular weight excluding hydrogens is 522 g/mol. The molecule has 4 heteroatoms. The number of hydrogen-bond donors (Lipinski definition) is 0. The van der Waals surface area contributed by atoms with Crippen molar-refractivity contribution in [2.24, 2.45) is 5.92 Å². The van der Waals surface area contributed by atoms with Crippen LogP contribution in [0.5, 0.6) is 0 Å². The second kappa shape index (κ2) is 16.3. The van der Waals surface area contributed by atoms with Crippen LogP contribution in [0.4, 0.5) is 0 Å². The van der Waals surface area contributed by atoms with Gasteiger partial charge in [0.15, 0.2) is 0 Å². The average Bonchev–Trinajstić information content (AvgIpc) is 3.52. The number of benzene rings is 3. The summed E-state index contributed by atoms with van der Waals surface area (Å²) in [6.45, 7) is 4.51. The summed E-state index contributed by atoms with van der Waals surface area (Å²) in [5.41, 5.74) is 1.42. The first-order chi connectivity index (χ1) is 15.8. The van der Waals surface area contributed by atoms with Gasteiger partial charge in [0.2, 0.25) is 0 Å². The molecule has 0 heterocycles. The first-order valence-electron chi connectivity index (χ1n) is 11.6. The fourth-order valence-electron chi connectivity index (χ4n) is 4.21. The summed E-state index contributed by atoms with van der Waals surface area (Å²) in [6.07, 6.45) is 11.3. The first-order valence-corrected chi connectivity index (χ1v) is 12.9. The molecule has 0 aromatic heterocycles. The van der Waals surface area contributed by atoms with Crippen LogP contribution in [0, 0.1) is 12.0 Å². The Bertz CT molecular complexity index is 1110. The van der Waals surface area contributed by atoms with E-state index >= 15 is 0 Å². The van der Waals surface area contributed by atoms with Gasteiger partial charge in [0.05, 0.1) is 0 Å². The van der Waals surface area contributed by atoms with Gasteiger partial charge in [-0.05, 0) is 25.0 Å². The molecule has 1 aliphatic carbocycles. The van der Waals surface area contributed by atoms with Gasteiger partial charge in [0.1, 0.15) is 0 Å². The molecule has 178 valence electrons. The Balaban J connectivity index is 0.000000407. The summed E-state index contributed by atoms with van der Waals surface area (Å²) < 4.78 is 0. The Morgan fingerprint density at radius 2 is 1.43 bits per heavy atom. The van der Waals surface area contributed by atoms with Gasteiger partial charge in [0.25, 0.3) is 0 Å². The van der Waals surface area contributed by atoms with Crippen molar-refractivity contribution in [3.63, 3.8) is 0 Å². The van der Waals surface area contributed by atoms with Crippen molar-refractivity contribution in [1.29, 1.82) is 0 Å². The molecule has 4 aromatic rings. The standard InChI is InChI=1S/C21H16P.C10H15.2ClH.Ti/c1-3-11-19(12-4-1)22(20-13-5-2-6-14-20)21-15-17-9-7-8-10-18(17)16-21;1-3-6-9(2)10-7-4-5-8-10;;;/h1-16H;4,7,9H,3,5-6H2,1-2H3;2*1H;/q2*-1;;;+4/p-2. The first kappa shape index (κ1) is 31.5. The van der Waals surface area contributed by atoms with E-state index in [1.165, 1.54) is 45.1 Å². The van der Waals surface area contributed by atoms with E-state index in [9.17, 15) is 0 Å². The monoisotopic (exact) mass is 552 g/mol. The Morgan fingerprint density at radius 3 is 1.94 bits per heavy atom. The minimum Gasteiger partial charge on any atom is -1.00 e. The van der Waals surface area contributed by atoms with Crippen LogP contribution in [-0.2, 0) is 21.7 Å². The minimum atomic E-state index is -0.493. The van der Waals surface area contributed by atoms with Gasteiger partial charge in [0, 0.05) is 0 Å². The molecule has 5 rings (SSSR count). The number of allylic oxidation sites excluding steroid dienone is 4. The summed E-state index contributed by atoms with van der Waals surface area (Å²) in [5, 5.41) is 6.89. The van der Waals surface area contributed by atoms with Gasteiger partial charge in [-0.25, -0.2) is 11.6 Å². The predicted octanol–water partition coefficient (Wildman–Crippen LogP) is 1.43. The Labute approximate surface area is 239 Å². The van der Waals surface area contributed by atoms with Gasteiger partial charge in [-0.1, -0.05) is 92.9 Å². The summed E-state index contributed by atoms with van der Waals surface area (Å²) >= 11 is 0. The summed E-state index contributed by atoms with van der Waals surface area (Å²) in [5.74, 6) is 0.726. The van der Waals surface area contributed by atoms with Crippen LogP contribution in [0.15, 0.2) is 115 Å². The zero-order valence-electron chi connectivity index (χ0n) is 20.3. The molecule has 0 radical (unpaired) electrons. The maximum absolute atomic E-state index is 3.35. The Hall–Kier alpha value is -1.53. The quantitative estimate of drug-likeness (QED) is 0.193. The van der Waals surface area contributed by atoms with E-state index in [-0.39, 0.29) is 46.5 Å². The van der Waals surface area contributed by atoms with Crippen molar-refractivity contribution in [2.45, 2.75) is 33.1 Å². The van der Waals surface area contributed by atoms with Crippen molar-refractivity contribution in [2.75, 3.05) is 0 Å². The largest absolute Gasteiger partial charge is 4.00 e.